The lowest BCUT2D eigenvalue weighted by Gasteiger charge is -2.14. The minimum Gasteiger partial charge on any atom is -0.264 e. The highest BCUT2D eigenvalue weighted by molar-refractivity contribution is 6.25. The molecule has 9 aromatic carbocycles. The van der Waals surface area contributed by atoms with Gasteiger partial charge in [0.05, 0.1) is 11.4 Å². The Kier molecular flexibility index (Phi) is 7.49. The minimum absolute atomic E-state index is 0.685. The zero-order chi connectivity index (χ0) is 37.0. The summed E-state index contributed by atoms with van der Waals surface area (Å²) in [5.74, 6) is 0.685. The highest BCUT2D eigenvalue weighted by Gasteiger charge is 2.16. The van der Waals surface area contributed by atoms with Crippen molar-refractivity contribution in [2.24, 2.45) is 0 Å². The second-order valence-electron chi connectivity index (χ2n) is 14.4. The number of rotatable bonds is 5. The summed E-state index contributed by atoms with van der Waals surface area (Å²) in [5, 5.41) is 12.4. The van der Waals surface area contributed by atoms with Crippen LogP contribution in [0.4, 0.5) is 0 Å². The van der Waals surface area contributed by atoms with Gasteiger partial charge in [-0.15, -0.1) is 0 Å². The molecule has 56 heavy (non-hydrogen) atoms. The van der Waals surface area contributed by atoms with Gasteiger partial charge >= 0.3 is 0 Å². The van der Waals surface area contributed by atoms with Crippen LogP contribution in [-0.2, 0) is 0 Å². The molecule has 0 bridgehead atoms. The van der Waals surface area contributed by atoms with Crippen molar-refractivity contribution in [2.45, 2.75) is 0 Å². The lowest BCUT2D eigenvalue weighted by Crippen LogP contribution is -1.97. The molecule has 2 heterocycles. The molecule has 3 heteroatoms. The molecule has 3 nitrogen and oxygen atoms in total. The average molecular weight is 712 g/mol. The Hall–Kier alpha value is -7.49. The Balaban J connectivity index is 1.12. The molecule has 0 unspecified atom stereocenters. The first-order valence-corrected chi connectivity index (χ1v) is 19.0. The summed E-state index contributed by atoms with van der Waals surface area (Å²) in [4.78, 5) is 15.0. The van der Waals surface area contributed by atoms with Crippen molar-refractivity contribution >= 4 is 53.9 Å². The first-order chi connectivity index (χ1) is 27.7. The van der Waals surface area contributed by atoms with Crippen LogP contribution in [0.1, 0.15) is 0 Å². The first-order valence-electron chi connectivity index (χ1n) is 19.0. The SMILES string of the molecule is c1cncc(-c2cccc(-c3cc(-c4cccc(-c5cc6ccccc6c6ccccc56)c4)nc(-c4ccc5c6ccccc6c6ccccc6c5c4)n3)c2)c1. The molecule has 260 valence electrons. The highest BCUT2D eigenvalue weighted by Crippen LogP contribution is 2.39. The number of benzene rings is 9. The fraction of sp³-hybridized carbons (Fsp3) is 0. The molecular weight excluding hydrogens is 679 g/mol. The number of aromatic nitrogens is 3. The fourth-order valence-electron chi connectivity index (χ4n) is 8.45. The maximum atomic E-state index is 5.36. The average Bonchev–Trinajstić information content (AvgIpc) is 3.29. The molecule has 0 saturated carbocycles. The van der Waals surface area contributed by atoms with Gasteiger partial charge in [0.25, 0.3) is 0 Å². The van der Waals surface area contributed by atoms with Crippen molar-refractivity contribution in [3.63, 3.8) is 0 Å². The van der Waals surface area contributed by atoms with Gasteiger partial charge < -0.3 is 0 Å². The Bertz CT molecular complexity index is 3280. The normalized spacial score (nSPS) is 11.6. The van der Waals surface area contributed by atoms with Crippen LogP contribution in [-0.4, -0.2) is 15.0 Å². The molecule has 11 rings (SSSR count). The molecular formula is C53H33N3. The van der Waals surface area contributed by atoms with E-state index in [-0.39, 0.29) is 0 Å². The van der Waals surface area contributed by atoms with Gasteiger partial charge in [-0.05, 0) is 107 Å². The molecule has 0 N–H and O–H groups in total. The largest absolute Gasteiger partial charge is 0.264 e. The van der Waals surface area contributed by atoms with Crippen molar-refractivity contribution < 1.29 is 0 Å². The maximum Gasteiger partial charge on any atom is 0.160 e. The smallest absolute Gasteiger partial charge is 0.160 e. The van der Waals surface area contributed by atoms with Crippen LogP contribution in [0.5, 0.6) is 0 Å². The molecule has 0 atom stereocenters. The maximum absolute atomic E-state index is 5.36. The summed E-state index contributed by atoms with van der Waals surface area (Å²) in [6.45, 7) is 0. The predicted octanol–water partition coefficient (Wildman–Crippen LogP) is 14.0. The second-order valence-corrected chi connectivity index (χ2v) is 14.4. The summed E-state index contributed by atoms with van der Waals surface area (Å²) in [6, 6.07) is 67.3. The first kappa shape index (κ1) is 32.0. The highest BCUT2D eigenvalue weighted by atomic mass is 14.9. The number of fused-ring (bicyclic) bond motifs is 9. The van der Waals surface area contributed by atoms with Crippen molar-refractivity contribution in [3.05, 3.63) is 200 Å². The van der Waals surface area contributed by atoms with Crippen LogP contribution in [0.3, 0.4) is 0 Å². The number of hydrogen-bond donors (Lipinski definition) is 0. The third kappa shape index (κ3) is 5.40. The van der Waals surface area contributed by atoms with Crippen LogP contribution < -0.4 is 0 Å². The summed E-state index contributed by atoms with van der Waals surface area (Å²) in [7, 11) is 0. The van der Waals surface area contributed by atoms with Crippen molar-refractivity contribution in [1.82, 2.24) is 15.0 Å². The summed E-state index contributed by atoms with van der Waals surface area (Å²) >= 11 is 0. The summed E-state index contributed by atoms with van der Waals surface area (Å²) < 4.78 is 0. The van der Waals surface area contributed by atoms with E-state index in [9.17, 15) is 0 Å². The van der Waals surface area contributed by atoms with E-state index in [0.717, 1.165) is 44.8 Å². The molecule has 0 spiro atoms. The zero-order valence-corrected chi connectivity index (χ0v) is 30.4. The van der Waals surface area contributed by atoms with Gasteiger partial charge in [0.1, 0.15) is 0 Å². The third-order valence-electron chi connectivity index (χ3n) is 11.1. The van der Waals surface area contributed by atoms with E-state index < -0.39 is 0 Å². The molecule has 0 aliphatic rings. The van der Waals surface area contributed by atoms with Crippen LogP contribution in [0.2, 0.25) is 0 Å². The number of nitrogens with zero attached hydrogens (tertiary/aromatic N) is 3. The standard InChI is InChI=1S/C53H33N3/c1-2-18-41-36(12-1)30-49(46-23-7-3-19-42(41)46)35-14-10-16-38(29-35)52-32-51(37-15-9-13-34(28-37)40-17-11-27-54-33-40)55-53(56-52)39-25-26-48-45-22-5-4-20-43(45)44-21-6-8-24-47(44)50(48)31-39/h1-33H. The van der Waals surface area contributed by atoms with E-state index in [4.69, 9.17) is 9.97 Å². The fourth-order valence-corrected chi connectivity index (χ4v) is 8.45. The summed E-state index contributed by atoms with van der Waals surface area (Å²) in [5.41, 5.74) is 9.26. The van der Waals surface area contributed by atoms with Crippen LogP contribution in [0, 0.1) is 0 Å². The van der Waals surface area contributed by atoms with Gasteiger partial charge in [0.15, 0.2) is 5.82 Å². The monoisotopic (exact) mass is 711 g/mol. The number of pyridine rings is 1. The molecule has 0 aliphatic heterocycles. The molecule has 0 radical (unpaired) electrons. The van der Waals surface area contributed by atoms with Crippen LogP contribution in [0.15, 0.2) is 200 Å². The Morgan fingerprint density at radius 1 is 0.286 bits per heavy atom. The Labute approximate surface area is 324 Å². The van der Waals surface area contributed by atoms with Crippen molar-refractivity contribution in [2.75, 3.05) is 0 Å². The zero-order valence-electron chi connectivity index (χ0n) is 30.4. The van der Waals surface area contributed by atoms with E-state index >= 15 is 0 Å². The van der Waals surface area contributed by atoms with Gasteiger partial charge in [0, 0.05) is 34.6 Å². The van der Waals surface area contributed by atoms with E-state index in [2.05, 4.69) is 187 Å². The van der Waals surface area contributed by atoms with Crippen LogP contribution in [0.25, 0.3) is 110 Å². The molecule has 0 saturated heterocycles. The van der Waals surface area contributed by atoms with E-state index in [1.165, 1.54) is 59.4 Å². The summed E-state index contributed by atoms with van der Waals surface area (Å²) in [6.07, 6.45) is 3.71. The number of hydrogen-bond acceptors (Lipinski definition) is 3. The van der Waals surface area contributed by atoms with E-state index in [1.807, 2.05) is 12.3 Å². The van der Waals surface area contributed by atoms with E-state index in [1.54, 1.807) is 6.20 Å². The van der Waals surface area contributed by atoms with Gasteiger partial charge in [-0.25, -0.2) is 9.97 Å². The Morgan fingerprint density at radius 3 is 1.46 bits per heavy atom. The topological polar surface area (TPSA) is 38.7 Å². The predicted molar refractivity (Wildman–Crippen MR) is 235 cm³/mol. The molecule has 11 aromatic rings. The third-order valence-corrected chi connectivity index (χ3v) is 11.1. The van der Waals surface area contributed by atoms with Crippen molar-refractivity contribution in [3.8, 4) is 56.2 Å². The van der Waals surface area contributed by atoms with Crippen molar-refractivity contribution in [1.29, 1.82) is 0 Å². The van der Waals surface area contributed by atoms with Gasteiger partial charge in [-0.3, -0.25) is 4.98 Å². The molecule has 0 aliphatic carbocycles. The van der Waals surface area contributed by atoms with Gasteiger partial charge in [-0.2, -0.15) is 0 Å². The molecule has 2 aromatic heterocycles. The minimum atomic E-state index is 0.685. The molecule has 0 fully saturated rings. The quantitative estimate of drug-likeness (QED) is 0.167. The lowest BCUT2D eigenvalue weighted by atomic mass is 9.92. The Morgan fingerprint density at radius 2 is 0.804 bits per heavy atom. The second kappa shape index (κ2) is 13.1. The van der Waals surface area contributed by atoms with Gasteiger partial charge in [-0.1, -0.05) is 152 Å². The van der Waals surface area contributed by atoms with Gasteiger partial charge in [0.2, 0.25) is 0 Å². The van der Waals surface area contributed by atoms with E-state index in [0.29, 0.717) is 5.82 Å². The van der Waals surface area contributed by atoms with Crippen LogP contribution >= 0.6 is 0 Å². The lowest BCUT2D eigenvalue weighted by molar-refractivity contribution is 1.18. The molecule has 0 amide bonds.